The minimum Gasteiger partial charge on any atom is -0.493 e. The van der Waals surface area contributed by atoms with E-state index in [4.69, 9.17) is 4.74 Å². The molecule has 1 aliphatic rings. The average Bonchev–Trinajstić information content (AvgIpc) is 3.23. The van der Waals surface area contributed by atoms with Crippen LogP contribution in [0.4, 0.5) is 0 Å². The first-order valence-electron chi connectivity index (χ1n) is 7.56. The molecule has 0 saturated carbocycles. The first-order valence-corrected chi connectivity index (χ1v) is 8.29. The van der Waals surface area contributed by atoms with Crippen LogP contribution in [0.15, 0.2) is 36.4 Å². The van der Waals surface area contributed by atoms with E-state index in [2.05, 4.69) is 26.2 Å². The third-order valence-corrected chi connectivity index (χ3v) is 4.55. The van der Waals surface area contributed by atoms with Crippen LogP contribution in [-0.2, 0) is 12.8 Å². The smallest absolute Gasteiger partial charge is 0.253 e. The van der Waals surface area contributed by atoms with E-state index in [1.54, 1.807) is 6.07 Å². The molecule has 116 valence electrons. The number of hydrogen-bond acceptors (Lipinski definition) is 5. The molecule has 2 aromatic carbocycles. The highest BCUT2D eigenvalue weighted by Gasteiger charge is 2.16. The molecular weight excluding hydrogens is 310 g/mol. The van der Waals surface area contributed by atoms with Gasteiger partial charge in [0, 0.05) is 13.0 Å². The van der Waals surface area contributed by atoms with E-state index in [0.29, 0.717) is 17.6 Å². The Bertz CT molecular complexity index is 875. The maximum Gasteiger partial charge on any atom is 0.253 e. The summed E-state index contributed by atoms with van der Waals surface area (Å²) >= 11 is 1.12. The lowest BCUT2D eigenvalue weighted by Crippen LogP contribution is -2.26. The standard InChI is InChI=1S/C17H15N3O2S/c21-17(13-5-2-6-14-15(13)20-23-19-14)18-9-7-11-3-1-4-12-8-10-22-16(11)12/h1-6H,7-10H2,(H,18,21). The predicted molar refractivity (Wildman–Crippen MR) is 89.1 cm³/mol. The molecule has 1 N–H and O–H groups in total. The number of nitrogens with zero attached hydrogens (tertiary/aromatic N) is 2. The van der Waals surface area contributed by atoms with Gasteiger partial charge >= 0.3 is 0 Å². The molecule has 1 amide bonds. The van der Waals surface area contributed by atoms with Crippen molar-refractivity contribution in [1.82, 2.24) is 14.1 Å². The first kappa shape index (κ1) is 14.1. The van der Waals surface area contributed by atoms with Crippen molar-refractivity contribution in [3.8, 4) is 5.75 Å². The molecule has 0 unspecified atom stereocenters. The number of fused-ring (bicyclic) bond motifs is 2. The number of aromatic nitrogens is 2. The van der Waals surface area contributed by atoms with Gasteiger partial charge in [-0.05, 0) is 29.7 Å². The van der Waals surface area contributed by atoms with Crippen LogP contribution in [0, 0.1) is 0 Å². The van der Waals surface area contributed by atoms with Gasteiger partial charge in [-0.15, -0.1) is 0 Å². The highest BCUT2D eigenvalue weighted by molar-refractivity contribution is 7.00. The lowest BCUT2D eigenvalue weighted by Gasteiger charge is -2.09. The summed E-state index contributed by atoms with van der Waals surface area (Å²) in [5.74, 6) is 0.879. The van der Waals surface area contributed by atoms with Crippen LogP contribution in [0.3, 0.4) is 0 Å². The molecule has 0 saturated heterocycles. The van der Waals surface area contributed by atoms with Gasteiger partial charge in [0.25, 0.3) is 5.91 Å². The third-order valence-electron chi connectivity index (χ3n) is 4.01. The number of amides is 1. The van der Waals surface area contributed by atoms with Crippen molar-refractivity contribution < 1.29 is 9.53 Å². The van der Waals surface area contributed by atoms with Crippen LogP contribution in [0.2, 0.25) is 0 Å². The number of carbonyl (C=O) groups is 1. The summed E-state index contributed by atoms with van der Waals surface area (Å²) in [5, 5.41) is 2.96. The topological polar surface area (TPSA) is 64.1 Å². The van der Waals surface area contributed by atoms with Gasteiger partial charge in [0.1, 0.15) is 16.8 Å². The van der Waals surface area contributed by atoms with Gasteiger partial charge in [-0.1, -0.05) is 24.3 Å². The SMILES string of the molecule is O=C(NCCc1cccc2c1OCC2)c1cccc2nsnc12. The summed E-state index contributed by atoms with van der Waals surface area (Å²) in [4.78, 5) is 12.4. The molecule has 2 heterocycles. The molecule has 0 spiro atoms. The summed E-state index contributed by atoms with van der Waals surface area (Å²) in [6.07, 6.45) is 1.72. The Morgan fingerprint density at radius 3 is 3.09 bits per heavy atom. The number of carbonyl (C=O) groups excluding carboxylic acids is 1. The number of nitrogens with one attached hydrogen (secondary N) is 1. The van der Waals surface area contributed by atoms with Crippen LogP contribution in [0.1, 0.15) is 21.5 Å². The fraction of sp³-hybridized carbons (Fsp3) is 0.235. The van der Waals surface area contributed by atoms with Crippen molar-refractivity contribution >= 4 is 28.7 Å². The first-order chi connectivity index (χ1) is 11.3. The minimum atomic E-state index is -0.114. The number of hydrogen-bond donors (Lipinski definition) is 1. The number of rotatable bonds is 4. The summed E-state index contributed by atoms with van der Waals surface area (Å²) in [6, 6.07) is 11.7. The molecule has 0 bridgehead atoms. The van der Waals surface area contributed by atoms with Crippen molar-refractivity contribution in [3.63, 3.8) is 0 Å². The highest BCUT2D eigenvalue weighted by atomic mass is 32.1. The molecule has 1 aromatic heterocycles. The normalized spacial score (nSPS) is 12.9. The molecule has 23 heavy (non-hydrogen) atoms. The Balaban J connectivity index is 1.45. The molecule has 1 aliphatic heterocycles. The fourth-order valence-corrected chi connectivity index (χ4v) is 3.43. The lowest BCUT2D eigenvalue weighted by atomic mass is 10.1. The second-order valence-corrected chi connectivity index (χ2v) is 5.98. The summed E-state index contributed by atoms with van der Waals surface area (Å²) in [7, 11) is 0. The van der Waals surface area contributed by atoms with E-state index in [-0.39, 0.29) is 5.91 Å². The minimum absolute atomic E-state index is 0.114. The maximum absolute atomic E-state index is 12.4. The number of para-hydroxylation sites is 1. The Morgan fingerprint density at radius 2 is 2.13 bits per heavy atom. The molecule has 0 aliphatic carbocycles. The molecule has 4 rings (SSSR count). The molecule has 0 atom stereocenters. The molecule has 5 nitrogen and oxygen atoms in total. The second-order valence-electron chi connectivity index (χ2n) is 5.45. The molecule has 6 heteroatoms. The van der Waals surface area contributed by atoms with Gasteiger partial charge < -0.3 is 10.1 Å². The van der Waals surface area contributed by atoms with Gasteiger partial charge in [-0.2, -0.15) is 8.75 Å². The molecule has 0 fully saturated rings. The second kappa shape index (κ2) is 5.96. The van der Waals surface area contributed by atoms with Crippen molar-refractivity contribution in [3.05, 3.63) is 53.1 Å². The van der Waals surface area contributed by atoms with Gasteiger partial charge in [-0.25, -0.2) is 0 Å². The van der Waals surface area contributed by atoms with Crippen LogP contribution in [0.25, 0.3) is 11.0 Å². The Morgan fingerprint density at radius 1 is 1.22 bits per heavy atom. The number of ether oxygens (including phenoxy) is 1. The Hall–Kier alpha value is -2.47. The van der Waals surface area contributed by atoms with Crippen LogP contribution in [-0.4, -0.2) is 27.8 Å². The van der Waals surface area contributed by atoms with Crippen molar-refractivity contribution in [1.29, 1.82) is 0 Å². The third kappa shape index (κ3) is 2.66. The van der Waals surface area contributed by atoms with Crippen molar-refractivity contribution in [2.45, 2.75) is 12.8 Å². The van der Waals surface area contributed by atoms with Crippen molar-refractivity contribution in [2.24, 2.45) is 0 Å². The Kier molecular flexibility index (Phi) is 3.67. The van der Waals surface area contributed by atoms with E-state index in [0.717, 1.165) is 48.0 Å². The quantitative estimate of drug-likeness (QED) is 0.801. The van der Waals surface area contributed by atoms with Gasteiger partial charge in [0.2, 0.25) is 0 Å². The zero-order valence-corrected chi connectivity index (χ0v) is 13.2. The fourth-order valence-electron chi connectivity index (χ4n) is 2.88. The average molecular weight is 325 g/mol. The molecule has 3 aromatic rings. The zero-order chi connectivity index (χ0) is 15.6. The summed E-state index contributed by atoms with van der Waals surface area (Å²) < 4.78 is 14.1. The van der Waals surface area contributed by atoms with Gasteiger partial charge in [-0.3, -0.25) is 4.79 Å². The van der Waals surface area contributed by atoms with E-state index >= 15 is 0 Å². The summed E-state index contributed by atoms with van der Waals surface area (Å²) in [6.45, 7) is 1.31. The van der Waals surface area contributed by atoms with E-state index in [1.165, 1.54) is 5.56 Å². The van der Waals surface area contributed by atoms with Gasteiger partial charge in [0.15, 0.2) is 0 Å². The zero-order valence-electron chi connectivity index (χ0n) is 12.4. The van der Waals surface area contributed by atoms with Crippen molar-refractivity contribution in [2.75, 3.05) is 13.2 Å². The molecule has 0 radical (unpaired) electrons. The monoisotopic (exact) mass is 325 g/mol. The molecular formula is C17H15N3O2S. The van der Waals surface area contributed by atoms with E-state index in [9.17, 15) is 4.79 Å². The van der Waals surface area contributed by atoms with Crippen LogP contribution >= 0.6 is 11.7 Å². The van der Waals surface area contributed by atoms with Crippen LogP contribution in [0.5, 0.6) is 5.75 Å². The Labute approximate surface area is 137 Å². The predicted octanol–water partition coefficient (Wildman–Crippen LogP) is 2.60. The lowest BCUT2D eigenvalue weighted by molar-refractivity contribution is 0.0955. The highest BCUT2D eigenvalue weighted by Crippen LogP contribution is 2.29. The van der Waals surface area contributed by atoms with E-state index < -0.39 is 0 Å². The van der Waals surface area contributed by atoms with E-state index in [1.807, 2.05) is 18.2 Å². The summed E-state index contributed by atoms with van der Waals surface area (Å²) in [5.41, 5.74) is 4.41. The maximum atomic E-state index is 12.4. The van der Waals surface area contributed by atoms with Crippen LogP contribution < -0.4 is 10.1 Å². The van der Waals surface area contributed by atoms with Gasteiger partial charge in [0.05, 0.1) is 23.9 Å². The largest absolute Gasteiger partial charge is 0.493 e. The number of benzene rings is 2.